The number of amides is 1. The van der Waals surface area contributed by atoms with Gasteiger partial charge in [0, 0.05) is 5.02 Å². The number of benzene rings is 3. The van der Waals surface area contributed by atoms with Crippen LogP contribution in [-0.4, -0.2) is 22.1 Å². The van der Waals surface area contributed by atoms with Gasteiger partial charge in [-0.2, -0.15) is 0 Å². The van der Waals surface area contributed by atoms with Crippen molar-refractivity contribution in [2.75, 3.05) is 0 Å². The zero-order valence-electron chi connectivity index (χ0n) is 19.8. The standard InChI is InChI=1S/C28H25ClN2O5/c1-17-14-21(29)10-13-23(17)26(20-6-4-3-5-7-20)30-25(32)15-19-8-11-22(12-9-19)35-16-24-18(2)36-31-27(24)28(33)34/h3-14,26H,15-16H2,1-2H3,(H,30,32)(H,33,34). The Morgan fingerprint density at radius 1 is 1.06 bits per heavy atom. The van der Waals surface area contributed by atoms with Gasteiger partial charge in [-0.25, -0.2) is 4.79 Å². The van der Waals surface area contributed by atoms with Crippen molar-refractivity contribution in [2.24, 2.45) is 0 Å². The topological polar surface area (TPSA) is 102 Å². The van der Waals surface area contributed by atoms with Crippen LogP contribution in [-0.2, 0) is 17.8 Å². The number of ether oxygens (including phenoxy) is 1. The highest BCUT2D eigenvalue weighted by Crippen LogP contribution is 2.27. The molecule has 2 N–H and O–H groups in total. The quantitative estimate of drug-likeness (QED) is 0.304. The van der Waals surface area contributed by atoms with Crippen molar-refractivity contribution in [3.63, 3.8) is 0 Å². The van der Waals surface area contributed by atoms with E-state index in [0.29, 0.717) is 22.1 Å². The van der Waals surface area contributed by atoms with Crippen LogP contribution < -0.4 is 10.1 Å². The molecule has 0 spiro atoms. The molecule has 0 radical (unpaired) electrons. The second kappa shape index (κ2) is 11.1. The molecule has 0 aliphatic heterocycles. The molecular weight excluding hydrogens is 480 g/mol. The fourth-order valence-corrected chi connectivity index (χ4v) is 4.16. The first-order valence-electron chi connectivity index (χ1n) is 11.3. The van der Waals surface area contributed by atoms with Crippen LogP contribution in [0.4, 0.5) is 0 Å². The summed E-state index contributed by atoms with van der Waals surface area (Å²) in [5.41, 5.74) is 3.98. The Kier molecular flexibility index (Phi) is 7.71. The molecule has 184 valence electrons. The molecule has 0 saturated carbocycles. The van der Waals surface area contributed by atoms with Gasteiger partial charge in [0.15, 0.2) is 5.69 Å². The van der Waals surface area contributed by atoms with E-state index in [9.17, 15) is 14.7 Å². The summed E-state index contributed by atoms with van der Waals surface area (Å²) >= 11 is 6.14. The van der Waals surface area contributed by atoms with Crippen LogP contribution in [0.2, 0.25) is 5.02 Å². The normalized spacial score (nSPS) is 11.6. The summed E-state index contributed by atoms with van der Waals surface area (Å²) < 4.78 is 10.7. The van der Waals surface area contributed by atoms with E-state index >= 15 is 0 Å². The summed E-state index contributed by atoms with van der Waals surface area (Å²) in [5.74, 6) is -0.368. The Balaban J connectivity index is 1.43. The van der Waals surface area contributed by atoms with Crippen LogP contribution in [0.5, 0.6) is 5.75 Å². The molecule has 1 amide bonds. The minimum Gasteiger partial charge on any atom is -0.489 e. The molecule has 0 aliphatic rings. The number of nitrogens with one attached hydrogen (secondary N) is 1. The number of carbonyl (C=O) groups excluding carboxylic acids is 1. The molecule has 7 nitrogen and oxygen atoms in total. The van der Waals surface area contributed by atoms with E-state index in [4.69, 9.17) is 20.9 Å². The van der Waals surface area contributed by atoms with Crippen LogP contribution in [0.25, 0.3) is 0 Å². The molecule has 1 aromatic heterocycles. The molecule has 0 saturated heterocycles. The van der Waals surface area contributed by atoms with Gasteiger partial charge in [-0.05, 0) is 60.4 Å². The SMILES string of the molecule is Cc1cc(Cl)ccc1C(NC(=O)Cc1ccc(OCc2c(C(=O)O)noc2C)cc1)c1ccccc1. The van der Waals surface area contributed by atoms with E-state index in [2.05, 4.69) is 10.5 Å². The van der Waals surface area contributed by atoms with Crippen molar-refractivity contribution in [1.29, 1.82) is 0 Å². The summed E-state index contributed by atoms with van der Waals surface area (Å²) in [6, 6.07) is 22.2. The van der Waals surface area contributed by atoms with Crippen LogP contribution in [0.3, 0.4) is 0 Å². The second-order valence-electron chi connectivity index (χ2n) is 8.39. The number of hydrogen-bond donors (Lipinski definition) is 2. The fraction of sp³-hybridized carbons (Fsp3) is 0.179. The highest BCUT2D eigenvalue weighted by Gasteiger charge is 2.20. The molecular formula is C28H25ClN2O5. The Hall–Kier alpha value is -4.10. The number of aryl methyl sites for hydroxylation is 2. The Morgan fingerprint density at radius 2 is 1.78 bits per heavy atom. The molecule has 4 rings (SSSR count). The Morgan fingerprint density at radius 3 is 2.44 bits per heavy atom. The number of aromatic nitrogens is 1. The van der Waals surface area contributed by atoms with Gasteiger partial charge in [0.1, 0.15) is 18.1 Å². The average Bonchev–Trinajstić information content (AvgIpc) is 3.23. The number of carbonyl (C=O) groups is 2. The second-order valence-corrected chi connectivity index (χ2v) is 8.83. The number of halogens is 1. The third-order valence-corrected chi connectivity index (χ3v) is 6.07. The predicted molar refractivity (Wildman–Crippen MR) is 135 cm³/mol. The van der Waals surface area contributed by atoms with Gasteiger partial charge >= 0.3 is 5.97 Å². The Bertz CT molecular complexity index is 1370. The average molecular weight is 505 g/mol. The first kappa shape index (κ1) is 25.0. The van der Waals surface area contributed by atoms with Crippen molar-refractivity contribution in [1.82, 2.24) is 10.5 Å². The zero-order valence-corrected chi connectivity index (χ0v) is 20.6. The van der Waals surface area contributed by atoms with E-state index in [1.54, 1.807) is 31.2 Å². The first-order valence-corrected chi connectivity index (χ1v) is 11.7. The molecule has 1 atom stereocenters. The zero-order chi connectivity index (χ0) is 25.7. The Labute approximate surface area is 213 Å². The molecule has 0 bridgehead atoms. The number of carboxylic acid groups (broad SMARTS) is 1. The van der Waals surface area contributed by atoms with E-state index < -0.39 is 5.97 Å². The fourth-order valence-electron chi connectivity index (χ4n) is 3.93. The van der Waals surface area contributed by atoms with Crippen LogP contribution in [0.1, 0.15) is 50.1 Å². The van der Waals surface area contributed by atoms with Crippen LogP contribution in [0.15, 0.2) is 77.3 Å². The smallest absolute Gasteiger partial charge is 0.358 e. The molecule has 36 heavy (non-hydrogen) atoms. The summed E-state index contributed by atoms with van der Waals surface area (Å²) in [6.07, 6.45) is 0.185. The van der Waals surface area contributed by atoms with Gasteiger partial charge in [-0.3, -0.25) is 4.79 Å². The van der Waals surface area contributed by atoms with Crippen molar-refractivity contribution < 1.29 is 24.0 Å². The van der Waals surface area contributed by atoms with Crippen LogP contribution >= 0.6 is 11.6 Å². The van der Waals surface area contributed by atoms with Gasteiger partial charge in [0.05, 0.1) is 18.0 Å². The summed E-state index contributed by atoms with van der Waals surface area (Å²) in [5, 5.41) is 16.6. The lowest BCUT2D eigenvalue weighted by atomic mass is 9.94. The summed E-state index contributed by atoms with van der Waals surface area (Å²) in [7, 11) is 0. The van der Waals surface area contributed by atoms with Gasteiger partial charge in [0.2, 0.25) is 5.91 Å². The number of rotatable bonds is 9. The maximum atomic E-state index is 13.0. The maximum absolute atomic E-state index is 13.0. The number of hydrogen-bond acceptors (Lipinski definition) is 5. The lowest BCUT2D eigenvalue weighted by Gasteiger charge is -2.22. The minimum atomic E-state index is -1.17. The van der Waals surface area contributed by atoms with E-state index in [-0.39, 0.29) is 30.7 Å². The minimum absolute atomic E-state index is 0.00992. The molecule has 0 aliphatic carbocycles. The van der Waals surface area contributed by atoms with Gasteiger partial charge in [0.25, 0.3) is 0 Å². The number of carboxylic acids is 1. The van der Waals surface area contributed by atoms with E-state index in [0.717, 1.165) is 22.3 Å². The summed E-state index contributed by atoms with van der Waals surface area (Å²) in [4.78, 5) is 24.3. The van der Waals surface area contributed by atoms with Crippen molar-refractivity contribution in [2.45, 2.75) is 32.9 Å². The predicted octanol–water partition coefficient (Wildman–Crippen LogP) is 5.67. The van der Waals surface area contributed by atoms with Crippen molar-refractivity contribution in [3.05, 3.63) is 117 Å². The monoisotopic (exact) mass is 504 g/mol. The molecule has 1 heterocycles. The number of aromatic carboxylic acids is 1. The van der Waals surface area contributed by atoms with Gasteiger partial charge in [-0.15, -0.1) is 0 Å². The van der Waals surface area contributed by atoms with Gasteiger partial charge in [-0.1, -0.05) is 65.3 Å². The molecule has 8 heteroatoms. The largest absolute Gasteiger partial charge is 0.489 e. The maximum Gasteiger partial charge on any atom is 0.358 e. The third kappa shape index (κ3) is 5.93. The van der Waals surface area contributed by atoms with Crippen molar-refractivity contribution >= 4 is 23.5 Å². The van der Waals surface area contributed by atoms with E-state index in [1.807, 2.05) is 55.5 Å². The first-order chi connectivity index (χ1) is 17.3. The molecule has 0 fully saturated rings. The third-order valence-electron chi connectivity index (χ3n) is 5.84. The lowest BCUT2D eigenvalue weighted by molar-refractivity contribution is -0.120. The molecule has 1 unspecified atom stereocenters. The summed E-state index contributed by atoms with van der Waals surface area (Å²) in [6.45, 7) is 3.62. The van der Waals surface area contributed by atoms with Crippen LogP contribution in [0, 0.1) is 13.8 Å². The molecule has 4 aromatic rings. The lowest BCUT2D eigenvalue weighted by Crippen LogP contribution is -2.31. The molecule has 3 aromatic carbocycles. The van der Waals surface area contributed by atoms with Crippen molar-refractivity contribution in [3.8, 4) is 5.75 Å². The van der Waals surface area contributed by atoms with E-state index in [1.165, 1.54) is 0 Å². The highest BCUT2D eigenvalue weighted by molar-refractivity contribution is 6.30. The highest BCUT2D eigenvalue weighted by atomic mass is 35.5. The van der Waals surface area contributed by atoms with Gasteiger partial charge < -0.3 is 19.7 Å². The number of nitrogens with zero attached hydrogens (tertiary/aromatic N) is 1.